The topological polar surface area (TPSA) is 24.4 Å². The van der Waals surface area contributed by atoms with E-state index in [1.165, 1.54) is 18.5 Å². The van der Waals surface area contributed by atoms with Gasteiger partial charge in [0.1, 0.15) is 0 Å². The molecule has 0 radical (unpaired) electrons. The lowest BCUT2D eigenvalue weighted by atomic mass is 10.2. The number of nitrogens with zero attached hydrogens (tertiary/aromatic N) is 1. The molecule has 0 aromatic rings. The second-order valence-electron chi connectivity index (χ2n) is 2.78. The highest BCUT2D eigenvalue weighted by Crippen LogP contribution is 1.99. The van der Waals surface area contributed by atoms with E-state index in [1.54, 1.807) is 7.05 Å². The number of hydrogen-bond donors (Lipinski definition) is 1. The zero-order valence-electron chi connectivity index (χ0n) is 8.43. The van der Waals surface area contributed by atoms with Crippen LogP contribution < -0.4 is 5.32 Å². The normalized spacial score (nSPS) is 12.4. The molecule has 0 unspecified atom stereocenters. The highest BCUT2D eigenvalue weighted by molar-refractivity contribution is 5.71. The predicted octanol–water partition coefficient (Wildman–Crippen LogP) is 2.37. The van der Waals surface area contributed by atoms with E-state index in [2.05, 4.69) is 30.2 Å². The summed E-state index contributed by atoms with van der Waals surface area (Å²) in [6.45, 7) is 5.42. The lowest BCUT2D eigenvalue weighted by Crippen LogP contribution is -2.14. The maximum absolute atomic E-state index is 3.92. The summed E-state index contributed by atoms with van der Waals surface area (Å²) in [5.74, 6) is 0. The monoisotopic (exact) mass is 168 g/mol. The number of hydrogen-bond acceptors (Lipinski definition) is 2. The zero-order chi connectivity index (χ0) is 9.23. The average molecular weight is 168 g/mol. The Kier molecular flexibility index (Phi) is 7.76. The van der Waals surface area contributed by atoms with Gasteiger partial charge in [-0.2, -0.15) is 0 Å². The molecule has 12 heavy (non-hydrogen) atoms. The van der Waals surface area contributed by atoms with Crippen LogP contribution in [0.25, 0.3) is 0 Å². The Balaban J connectivity index is 3.84. The molecule has 2 heteroatoms. The summed E-state index contributed by atoms with van der Waals surface area (Å²) in [6, 6.07) is 0. The van der Waals surface area contributed by atoms with E-state index in [-0.39, 0.29) is 0 Å². The molecule has 0 heterocycles. The van der Waals surface area contributed by atoms with Gasteiger partial charge in [0, 0.05) is 25.5 Å². The maximum atomic E-state index is 3.92. The summed E-state index contributed by atoms with van der Waals surface area (Å²) in [5.41, 5.74) is 1.30. The first-order chi connectivity index (χ1) is 5.85. The van der Waals surface area contributed by atoms with E-state index < -0.39 is 0 Å². The van der Waals surface area contributed by atoms with Gasteiger partial charge in [0.05, 0.1) is 0 Å². The standard InChI is InChI=1S/C10H20N2/c1-4-6-10(7-9-11-3)12-8-5-2/h7,9,12H,4-6,8H2,1-3H3/b10-7+,11-9?. The van der Waals surface area contributed by atoms with Crippen molar-refractivity contribution in [3.8, 4) is 0 Å². The minimum absolute atomic E-state index is 1.06. The smallest absolute Gasteiger partial charge is 0.0277 e. The van der Waals surface area contributed by atoms with Crippen LogP contribution in [0.15, 0.2) is 16.8 Å². The van der Waals surface area contributed by atoms with Crippen LogP contribution in [-0.2, 0) is 0 Å². The summed E-state index contributed by atoms with van der Waals surface area (Å²) < 4.78 is 0. The molecule has 1 N–H and O–H groups in total. The van der Waals surface area contributed by atoms with Gasteiger partial charge in [0.25, 0.3) is 0 Å². The maximum Gasteiger partial charge on any atom is 0.0277 e. The molecule has 0 saturated heterocycles. The number of allylic oxidation sites excluding steroid dienone is 2. The molecule has 0 aliphatic rings. The highest BCUT2D eigenvalue weighted by Gasteiger charge is 1.91. The first-order valence-corrected chi connectivity index (χ1v) is 4.70. The quantitative estimate of drug-likeness (QED) is 0.605. The van der Waals surface area contributed by atoms with E-state index >= 15 is 0 Å². The molecule has 0 atom stereocenters. The van der Waals surface area contributed by atoms with Gasteiger partial charge in [-0.3, -0.25) is 4.99 Å². The van der Waals surface area contributed by atoms with Crippen LogP contribution in [0.1, 0.15) is 33.1 Å². The van der Waals surface area contributed by atoms with E-state index in [4.69, 9.17) is 0 Å². The number of nitrogens with one attached hydrogen (secondary N) is 1. The highest BCUT2D eigenvalue weighted by atomic mass is 14.9. The van der Waals surface area contributed by atoms with Gasteiger partial charge in [-0.05, 0) is 18.9 Å². The van der Waals surface area contributed by atoms with Gasteiger partial charge in [-0.1, -0.05) is 20.3 Å². The number of rotatable bonds is 6. The Morgan fingerprint density at radius 3 is 2.58 bits per heavy atom. The van der Waals surface area contributed by atoms with Gasteiger partial charge >= 0.3 is 0 Å². The summed E-state index contributed by atoms with van der Waals surface area (Å²) >= 11 is 0. The first-order valence-electron chi connectivity index (χ1n) is 4.70. The Morgan fingerprint density at radius 2 is 2.08 bits per heavy atom. The van der Waals surface area contributed by atoms with Crippen molar-refractivity contribution in [2.24, 2.45) is 4.99 Å². The fourth-order valence-corrected chi connectivity index (χ4v) is 0.950. The van der Waals surface area contributed by atoms with Gasteiger partial charge in [0.2, 0.25) is 0 Å². The van der Waals surface area contributed by atoms with Crippen molar-refractivity contribution < 1.29 is 0 Å². The Labute approximate surface area is 75.8 Å². The van der Waals surface area contributed by atoms with Crippen LogP contribution in [0.5, 0.6) is 0 Å². The third-order valence-electron chi connectivity index (χ3n) is 1.55. The van der Waals surface area contributed by atoms with Gasteiger partial charge < -0.3 is 5.32 Å². The molecule has 0 amide bonds. The summed E-state index contributed by atoms with van der Waals surface area (Å²) in [6.07, 6.45) is 7.36. The van der Waals surface area contributed by atoms with E-state index in [0.717, 1.165) is 13.0 Å². The molecule has 0 aliphatic carbocycles. The summed E-state index contributed by atoms with van der Waals surface area (Å²) in [4.78, 5) is 3.92. The van der Waals surface area contributed by atoms with Crippen LogP contribution in [0.3, 0.4) is 0 Å². The molecular formula is C10H20N2. The van der Waals surface area contributed by atoms with Crippen molar-refractivity contribution in [1.82, 2.24) is 5.32 Å². The summed E-state index contributed by atoms with van der Waals surface area (Å²) in [7, 11) is 1.79. The minimum Gasteiger partial charge on any atom is -0.388 e. The molecule has 0 bridgehead atoms. The molecule has 70 valence electrons. The largest absolute Gasteiger partial charge is 0.388 e. The van der Waals surface area contributed by atoms with Gasteiger partial charge in [-0.15, -0.1) is 0 Å². The van der Waals surface area contributed by atoms with E-state index in [0.29, 0.717) is 0 Å². The van der Waals surface area contributed by atoms with Crippen molar-refractivity contribution in [3.63, 3.8) is 0 Å². The molecule has 0 saturated carbocycles. The third-order valence-corrected chi connectivity index (χ3v) is 1.55. The fraction of sp³-hybridized carbons (Fsp3) is 0.700. The summed E-state index contributed by atoms with van der Waals surface area (Å²) in [5, 5.41) is 3.38. The molecule has 0 aliphatic heterocycles. The van der Waals surface area contributed by atoms with Gasteiger partial charge in [-0.25, -0.2) is 0 Å². The molecular weight excluding hydrogens is 148 g/mol. The molecule has 0 aromatic heterocycles. The van der Waals surface area contributed by atoms with E-state index in [9.17, 15) is 0 Å². The second-order valence-corrected chi connectivity index (χ2v) is 2.78. The van der Waals surface area contributed by atoms with Crippen LogP contribution in [0.2, 0.25) is 0 Å². The van der Waals surface area contributed by atoms with Crippen molar-refractivity contribution in [3.05, 3.63) is 11.8 Å². The molecule has 0 spiro atoms. The van der Waals surface area contributed by atoms with Crippen LogP contribution in [0, 0.1) is 0 Å². The van der Waals surface area contributed by atoms with Crippen LogP contribution >= 0.6 is 0 Å². The lowest BCUT2D eigenvalue weighted by Gasteiger charge is -2.07. The van der Waals surface area contributed by atoms with E-state index in [1.807, 2.05) is 6.21 Å². The first kappa shape index (κ1) is 11.2. The SMILES string of the molecule is CCCN/C(=C/C=NC)CCC. The third kappa shape index (κ3) is 5.96. The molecule has 0 rings (SSSR count). The lowest BCUT2D eigenvalue weighted by molar-refractivity contribution is 0.718. The molecule has 0 aromatic carbocycles. The fourth-order valence-electron chi connectivity index (χ4n) is 0.950. The number of aliphatic imine (C=N–C) groups is 1. The Hall–Kier alpha value is -0.790. The molecule has 0 fully saturated rings. The van der Waals surface area contributed by atoms with Crippen molar-refractivity contribution >= 4 is 6.21 Å². The van der Waals surface area contributed by atoms with Gasteiger partial charge in [0.15, 0.2) is 0 Å². The zero-order valence-corrected chi connectivity index (χ0v) is 8.43. The van der Waals surface area contributed by atoms with Crippen molar-refractivity contribution in [2.45, 2.75) is 33.1 Å². The molecule has 2 nitrogen and oxygen atoms in total. The average Bonchev–Trinajstić information content (AvgIpc) is 2.10. The minimum atomic E-state index is 1.06. The predicted molar refractivity (Wildman–Crippen MR) is 55.7 cm³/mol. The van der Waals surface area contributed by atoms with Crippen LogP contribution in [-0.4, -0.2) is 19.8 Å². The Morgan fingerprint density at radius 1 is 1.33 bits per heavy atom. The van der Waals surface area contributed by atoms with Crippen molar-refractivity contribution in [2.75, 3.05) is 13.6 Å². The van der Waals surface area contributed by atoms with Crippen LogP contribution in [0.4, 0.5) is 0 Å². The second kappa shape index (κ2) is 8.31. The Bertz CT molecular complexity index is 148. The van der Waals surface area contributed by atoms with Crippen molar-refractivity contribution in [1.29, 1.82) is 0 Å².